The zero-order valence-electron chi connectivity index (χ0n) is 56.2. The van der Waals surface area contributed by atoms with Crippen molar-refractivity contribution in [2.75, 3.05) is 52.4 Å². The Bertz CT molecular complexity index is 1150. The van der Waals surface area contributed by atoms with Gasteiger partial charge in [0.25, 0.3) is 0 Å². The number of hydrogen-bond donors (Lipinski definition) is 1. The molecule has 1 N–H and O–H groups in total. The SMILES string of the molecule is CCCCCCCCCCNC(=O)CCCCCCCN(CCCCCCCC(=O)N(CCCCCCCCCC)CCCCCCCCCC)CCCCCCCC(=O)N(CCCCCCCCCC)CCCCCCCCCC. The number of carbonyl (C=O) groups excluding carboxylic acids is 3. The van der Waals surface area contributed by atoms with Crippen LogP contribution in [0.2, 0.25) is 0 Å². The van der Waals surface area contributed by atoms with Crippen molar-refractivity contribution >= 4 is 17.7 Å². The van der Waals surface area contributed by atoms with Gasteiger partial charge in [-0.1, -0.05) is 317 Å². The summed E-state index contributed by atoms with van der Waals surface area (Å²) in [6.45, 7) is 19.7. The summed E-state index contributed by atoms with van der Waals surface area (Å²) in [5.41, 5.74) is 0. The zero-order valence-corrected chi connectivity index (χ0v) is 56.2. The van der Waals surface area contributed by atoms with E-state index in [-0.39, 0.29) is 5.91 Å². The Kier molecular flexibility index (Phi) is 66.1. The Balaban J connectivity index is 5.01. The molecule has 0 aliphatic carbocycles. The first-order chi connectivity index (χ1) is 39.9. The maximum Gasteiger partial charge on any atom is 0.222 e. The van der Waals surface area contributed by atoms with E-state index in [1.165, 1.54) is 341 Å². The summed E-state index contributed by atoms with van der Waals surface area (Å²) in [6.07, 6.45) is 72.6. The van der Waals surface area contributed by atoms with Gasteiger partial charge in [0.15, 0.2) is 0 Å². The summed E-state index contributed by atoms with van der Waals surface area (Å²) in [4.78, 5) is 47.0. The number of unbranched alkanes of at least 4 members (excludes halogenated alkanes) is 47. The van der Waals surface area contributed by atoms with Crippen LogP contribution in [0, 0.1) is 0 Å². The molecule has 0 saturated carbocycles. The molecule has 0 heterocycles. The fraction of sp³-hybridized carbons (Fsp3) is 0.959. The topological polar surface area (TPSA) is 73.0 Å². The van der Waals surface area contributed by atoms with E-state index in [4.69, 9.17) is 0 Å². The fourth-order valence-electron chi connectivity index (χ4n) is 12.1. The predicted octanol–water partition coefficient (Wildman–Crippen LogP) is 22.8. The molecule has 0 aliphatic rings. The number of amides is 3. The lowest BCUT2D eigenvalue weighted by Gasteiger charge is -2.23. The van der Waals surface area contributed by atoms with Crippen molar-refractivity contribution in [3.8, 4) is 0 Å². The molecule has 0 rings (SSSR count). The van der Waals surface area contributed by atoms with E-state index in [9.17, 15) is 14.4 Å². The highest BCUT2D eigenvalue weighted by Crippen LogP contribution is 2.18. The molecule has 0 bridgehead atoms. The third kappa shape index (κ3) is 59.9. The molecule has 0 aliphatic heterocycles. The molecule has 7 nitrogen and oxygen atoms in total. The number of carbonyl (C=O) groups is 3. The second kappa shape index (κ2) is 67.5. The zero-order chi connectivity index (χ0) is 58.8. The van der Waals surface area contributed by atoms with E-state index in [0.717, 1.165) is 77.7 Å². The van der Waals surface area contributed by atoms with Crippen LogP contribution in [0.4, 0.5) is 0 Å². The molecule has 0 radical (unpaired) electrons. The molecule has 482 valence electrons. The van der Waals surface area contributed by atoms with Gasteiger partial charge >= 0.3 is 0 Å². The number of nitrogens with one attached hydrogen (secondary N) is 1. The maximum absolute atomic E-state index is 13.6. The van der Waals surface area contributed by atoms with Gasteiger partial charge in [0.05, 0.1) is 0 Å². The van der Waals surface area contributed by atoms with Crippen LogP contribution in [0.3, 0.4) is 0 Å². The quantitative estimate of drug-likeness (QED) is 0.0616. The van der Waals surface area contributed by atoms with Crippen molar-refractivity contribution in [3.05, 3.63) is 0 Å². The first-order valence-electron chi connectivity index (χ1n) is 37.5. The highest BCUT2D eigenvalue weighted by molar-refractivity contribution is 5.76. The van der Waals surface area contributed by atoms with Gasteiger partial charge in [-0.3, -0.25) is 14.4 Å². The average molecular weight is 1140 g/mol. The van der Waals surface area contributed by atoms with E-state index < -0.39 is 0 Å². The molecule has 3 amide bonds. The first-order valence-corrected chi connectivity index (χ1v) is 37.5. The standard InChI is InChI=1S/C74H148N4O3/c1-6-11-16-21-26-31-42-53-64-75-72(79)61-50-39-36-43-54-65-76(66-55-44-37-40-51-62-73(80)77(68-57-46-32-27-22-17-12-7-2)69-58-47-33-28-23-18-13-8-3)67-56-45-38-41-52-63-74(81)78(70-59-48-34-29-24-19-14-9-4)71-60-49-35-30-25-20-15-10-5/h6-71H2,1-5H3,(H,75,79). The van der Waals surface area contributed by atoms with Crippen molar-refractivity contribution in [3.63, 3.8) is 0 Å². The van der Waals surface area contributed by atoms with Crippen LogP contribution in [-0.2, 0) is 14.4 Å². The minimum absolute atomic E-state index is 0.248. The molecule has 0 aromatic heterocycles. The minimum Gasteiger partial charge on any atom is -0.356 e. The normalized spacial score (nSPS) is 11.6. The van der Waals surface area contributed by atoms with Crippen molar-refractivity contribution < 1.29 is 14.4 Å². The van der Waals surface area contributed by atoms with Gasteiger partial charge in [0.1, 0.15) is 0 Å². The van der Waals surface area contributed by atoms with Crippen molar-refractivity contribution in [2.45, 2.75) is 407 Å². The van der Waals surface area contributed by atoms with Gasteiger partial charge in [0.2, 0.25) is 17.7 Å². The molecule has 0 unspecified atom stereocenters. The van der Waals surface area contributed by atoms with Crippen molar-refractivity contribution in [1.29, 1.82) is 0 Å². The highest BCUT2D eigenvalue weighted by Gasteiger charge is 2.15. The fourth-order valence-corrected chi connectivity index (χ4v) is 12.1. The van der Waals surface area contributed by atoms with Gasteiger partial charge in [-0.25, -0.2) is 0 Å². The Morgan fingerprint density at radius 2 is 0.420 bits per heavy atom. The van der Waals surface area contributed by atoms with Gasteiger partial charge < -0.3 is 20.0 Å². The Labute approximate surface area is 509 Å². The summed E-state index contributed by atoms with van der Waals surface area (Å²) in [7, 11) is 0. The lowest BCUT2D eigenvalue weighted by atomic mass is 10.1. The van der Waals surface area contributed by atoms with Gasteiger partial charge in [0, 0.05) is 52.0 Å². The molecule has 0 saturated heterocycles. The van der Waals surface area contributed by atoms with Crippen LogP contribution in [0.15, 0.2) is 0 Å². The summed E-state index contributed by atoms with van der Waals surface area (Å²) in [5, 5.41) is 3.18. The average Bonchev–Trinajstić information content (AvgIpc) is 3.47. The third-order valence-electron chi connectivity index (χ3n) is 17.8. The lowest BCUT2D eigenvalue weighted by molar-refractivity contribution is -0.132. The van der Waals surface area contributed by atoms with Gasteiger partial charge in [-0.2, -0.15) is 0 Å². The molecular formula is C74H148N4O3. The van der Waals surface area contributed by atoms with Gasteiger partial charge in [-0.05, 0) is 90.3 Å². The van der Waals surface area contributed by atoms with Crippen LogP contribution in [-0.4, -0.2) is 84.8 Å². The second-order valence-electron chi connectivity index (χ2n) is 25.9. The Morgan fingerprint density at radius 3 is 0.679 bits per heavy atom. The number of nitrogens with zero attached hydrogens (tertiary/aromatic N) is 3. The van der Waals surface area contributed by atoms with Crippen LogP contribution < -0.4 is 5.32 Å². The van der Waals surface area contributed by atoms with Crippen LogP contribution in [0.1, 0.15) is 407 Å². The number of rotatable bonds is 69. The molecule has 0 aromatic carbocycles. The summed E-state index contributed by atoms with van der Waals surface area (Å²) >= 11 is 0. The Hall–Kier alpha value is -1.63. The monoisotopic (exact) mass is 1140 g/mol. The smallest absolute Gasteiger partial charge is 0.222 e. The molecule has 0 fully saturated rings. The van der Waals surface area contributed by atoms with E-state index in [2.05, 4.69) is 54.6 Å². The third-order valence-corrected chi connectivity index (χ3v) is 17.8. The Morgan fingerprint density at radius 1 is 0.222 bits per heavy atom. The predicted molar refractivity (Wildman–Crippen MR) is 359 cm³/mol. The molecule has 7 heteroatoms. The summed E-state index contributed by atoms with van der Waals surface area (Å²) in [5.74, 6) is 1.08. The molecule has 0 aromatic rings. The maximum atomic E-state index is 13.6. The van der Waals surface area contributed by atoms with Crippen molar-refractivity contribution in [1.82, 2.24) is 20.0 Å². The summed E-state index contributed by atoms with van der Waals surface area (Å²) < 4.78 is 0. The first kappa shape index (κ1) is 79.4. The molecule has 81 heavy (non-hydrogen) atoms. The molecular weight excluding hydrogens is 993 g/mol. The second-order valence-corrected chi connectivity index (χ2v) is 25.9. The summed E-state index contributed by atoms with van der Waals surface area (Å²) in [6, 6.07) is 0. The van der Waals surface area contributed by atoms with Crippen molar-refractivity contribution in [2.24, 2.45) is 0 Å². The van der Waals surface area contributed by atoms with E-state index in [1.54, 1.807) is 0 Å². The largest absolute Gasteiger partial charge is 0.356 e. The molecule has 0 spiro atoms. The van der Waals surface area contributed by atoms with Crippen LogP contribution >= 0.6 is 0 Å². The highest BCUT2D eigenvalue weighted by atomic mass is 16.2. The lowest BCUT2D eigenvalue weighted by Crippen LogP contribution is -2.32. The van der Waals surface area contributed by atoms with E-state index >= 15 is 0 Å². The van der Waals surface area contributed by atoms with Crippen LogP contribution in [0.25, 0.3) is 0 Å². The van der Waals surface area contributed by atoms with E-state index in [0.29, 0.717) is 18.2 Å². The van der Waals surface area contributed by atoms with Gasteiger partial charge in [-0.15, -0.1) is 0 Å². The minimum atomic E-state index is 0.248. The number of hydrogen-bond acceptors (Lipinski definition) is 4. The molecule has 0 atom stereocenters. The van der Waals surface area contributed by atoms with Crippen LogP contribution in [0.5, 0.6) is 0 Å². The van der Waals surface area contributed by atoms with E-state index in [1.807, 2.05) is 0 Å².